The Morgan fingerprint density at radius 2 is 1.96 bits per heavy atom. The van der Waals surface area contributed by atoms with E-state index >= 15 is 0 Å². The van der Waals surface area contributed by atoms with Gasteiger partial charge in [-0.1, -0.05) is 6.07 Å². The van der Waals surface area contributed by atoms with Crippen LogP contribution in [0, 0.1) is 0 Å². The number of amides is 1. The Morgan fingerprint density at radius 1 is 1.25 bits per heavy atom. The second kappa shape index (κ2) is 11.3. The number of carbonyl (C=O) groups excluding carboxylic acids is 1. The number of sulfonamides is 1. The molecule has 28 heavy (non-hydrogen) atoms. The van der Waals surface area contributed by atoms with Gasteiger partial charge in [-0.05, 0) is 25.2 Å². The van der Waals surface area contributed by atoms with Crippen molar-refractivity contribution >= 4 is 46.4 Å². The summed E-state index contributed by atoms with van der Waals surface area (Å²) in [6.07, 6.45) is 0.287. The predicted molar refractivity (Wildman–Crippen MR) is 113 cm³/mol. The summed E-state index contributed by atoms with van der Waals surface area (Å²) < 4.78 is 32.5. The van der Waals surface area contributed by atoms with Crippen molar-refractivity contribution in [3.63, 3.8) is 0 Å². The van der Waals surface area contributed by atoms with Crippen molar-refractivity contribution in [1.29, 1.82) is 0 Å². The minimum atomic E-state index is -3.55. The molecule has 2 N–H and O–H groups in total. The molecule has 1 amide bonds. The van der Waals surface area contributed by atoms with E-state index in [-0.39, 0.29) is 48.1 Å². The molecule has 1 aromatic rings. The largest absolute Gasteiger partial charge is 0.378 e. The summed E-state index contributed by atoms with van der Waals surface area (Å²) in [5, 5.41) is 6.01. The topological polar surface area (TPSA) is 91.0 Å². The highest BCUT2D eigenvalue weighted by Gasteiger charge is 2.27. The third kappa shape index (κ3) is 6.55. The first kappa shape index (κ1) is 25.1. The molecule has 2 aliphatic rings. The van der Waals surface area contributed by atoms with E-state index in [9.17, 15) is 13.2 Å². The number of piperazine rings is 1. The van der Waals surface area contributed by atoms with E-state index in [1.807, 2.05) is 7.05 Å². The molecule has 1 atom stereocenters. The van der Waals surface area contributed by atoms with Crippen LogP contribution in [0.4, 0.5) is 5.69 Å². The molecule has 8 nitrogen and oxygen atoms in total. The Balaban J connectivity index is 0.00000196. The van der Waals surface area contributed by atoms with Gasteiger partial charge in [-0.25, -0.2) is 8.42 Å². The van der Waals surface area contributed by atoms with Gasteiger partial charge in [0, 0.05) is 50.9 Å². The lowest BCUT2D eigenvalue weighted by atomic mass is 10.2. The zero-order chi connectivity index (χ0) is 18.6. The summed E-state index contributed by atoms with van der Waals surface area (Å²) in [5.74, 6) is -0.165. The summed E-state index contributed by atoms with van der Waals surface area (Å²) >= 11 is 0. The van der Waals surface area contributed by atoms with Crippen LogP contribution < -0.4 is 10.6 Å². The van der Waals surface area contributed by atoms with Crippen LogP contribution in [0.25, 0.3) is 0 Å². The molecule has 1 unspecified atom stereocenters. The van der Waals surface area contributed by atoms with E-state index < -0.39 is 10.0 Å². The summed E-state index contributed by atoms with van der Waals surface area (Å²) in [4.78, 5) is 14.5. The Labute approximate surface area is 178 Å². The molecule has 0 aliphatic carbocycles. The lowest BCUT2D eigenvalue weighted by molar-refractivity contribution is -0.117. The van der Waals surface area contributed by atoms with Crippen LogP contribution >= 0.6 is 24.8 Å². The fourth-order valence-electron chi connectivity index (χ4n) is 3.10. The summed E-state index contributed by atoms with van der Waals surface area (Å²) in [6.45, 7) is 4.27. The van der Waals surface area contributed by atoms with E-state index in [0.717, 1.165) is 6.54 Å². The third-order valence-corrected chi connectivity index (χ3v) is 6.54. The second-order valence-corrected chi connectivity index (χ2v) is 8.65. The molecule has 11 heteroatoms. The Morgan fingerprint density at radius 3 is 2.61 bits per heavy atom. The number of hydrogen-bond acceptors (Lipinski definition) is 6. The molecule has 1 aromatic carbocycles. The predicted octanol–water partition coefficient (Wildman–Crippen LogP) is 0.783. The van der Waals surface area contributed by atoms with Crippen molar-refractivity contribution in [2.75, 3.05) is 58.3 Å². The minimum absolute atomic E-state index is 0. The van der Waals surface area contributed by atoms with Crippen molar-refractivity contribution < 1.29 is 17.9 Å². The van der Waals surface area contributed by atoms with E-state index in [2.05, 4.69) is 15.5 Å². The zero-order valence-corrected chi connectivity index (χ0v) is 18.2. The number of morpholine rings is 1. The highest BCUT2D eigenvalue weighted by molar-refractivity contribution is 7.89. The minimum Gasteiger partial charge on any atom is -0.378 e. The SMILES string of the molecule is CN1CCN(S(=O)(=O)c2cccc(NC(=O)CC3COCCN3)c2)CC1.Cl.Cl. The third-order valence-electron chi connectivity index (χ3n) is 4.65. The monoisotopic (exact) mass is 454 g/mol. The van der Waals surface area contributed by atoms with Crippen LogP contribution in [0.15, 0.2) is 29.2 Å². The number of benzene rings is 1. The van der Waals surface area contributed by atoms with Crippen LogP contribution in [0.3, 0.4) is 0 Å². The Kier molecular flexibility index (Phi) is 10.1. The van der Waals surface area contributed by atoms with Crippen LogP contribution in [-0.2, 0) is 19.6 Å². The lowest BCUT2D eigenvalue weighted by Gasteiger charge is -2.31. The first-order valence-corrected chi connectivity index (χ1v) is 10.3. The average Bonchev–Trinajstić information content (AvgIpc) is 2.63. The number of nitrogens with zero attached hydrogens (tertiary/aromatic N) is 2. The molecular formula is C17H28Cl2N4O4S. The van der Waals surface area contributed by atoms with Gasteiger partial charge in [0.25, 0.3) is 0 Å². The fourth-order valence-corrected chi connectivity index (χ4v) is 4.57. The number of carbonyl (C=O) groups is 1. The smallest absolute Gasteiger partial charge is 0.243 e. The van der Waals surface area contributed by atoms with Gasteiger partial charge in [0.05, 0.1) is 18.1 Å². The van der Waals surface area contributed by atoms with Gasteiger partial charge < -0.3 is 20.3 Å². The molecule has 2 heterocycles. The fraction of sp³-hybridized carbons (Fsp3) is 0.588. The molecule has 0 saturated carbocycles. The van der Waals surface area contributed by atoms with Crippen LogP contribution in [0.5, 0.6) is 0 Å². The van der Waals surface area contributed by atoms with E-state index in [1.165, 1.54) is 10.4 Å². The standard InChI is InChI=1S/C17H26N4O4S.2ClH/c1-20-6-8-21(9-7-20)26(23,24)16-4-2-3-14(11-16)19-17(22)12-15-13-25-10-5-18-15;;/h2-4,11,15,18H,5-10,12-13H2,1H3,(H,19,22);2*1H. The molecular weight excluding hydrogens is 427 g/mol. The normalized spacial score (nSPS) is 21.2. The quantitative estimate of drug-likeness (QED) is 0.682. The Hall–Kier alpha value is -0.940. The number of likely N-dealkylation sites (N-methyl/N-ethyl adjacent to an activating group) is 1. The molecule has 2 aliphatic heterocycles. The number of hydrogen-bond donors (Lipinski definition) is 2. The van der Waals surface area contributed by atoms with Gasteiger partial charge in [0.2, 0.25) is 15.9 Å². The Bertz CT molecular complexity index is 736. The molecule has 0 aromatic heterocycles. The number of halogens is 2. The first-order chi connectivity index (χ1) is 12.4. The number of rotatable bonds is 5. The molecule has 0 spiro atoms. The van der Waals surface area contributed by atoms with E-state index in [0.29, 0.717) is 45.1 Å². The summed E-state index contributed by atoms with van der Waals surface area (Å²) in [7, 11) is -1.57. The van der Waals surface area contributed by atoms with E-state index in [1.54, 1.807) is 18.2 Å². The molecule has 2 saturated heterocycles. The second-order valence-electron chi connectivity index (χ2n) is 6.71. The molecule has 2 fully saturated rings. The van der Waals surface area contributed by atoms with Crippen molar-refractivity contribution in [2.24, 2.45) is 0 Å². The molecule has 0 bridgehead atoms. The highest BCUT2D eigenvalue weighted by Crippen LogP contribution is 2.21. The van der Waals surface area contributed by atoms with Crippen molar-refractivity contribution in [2.45, 2.75) is 17.4 Å². The zero-order valence-electron chi connectivity index (χ0n) is 15.8. The van der Waals surface area contributed by atoms with Gasteiger partial charge in [-0.2, -0.15) is 4.31 Å². The van der Waals surface area contributed by atoms with Crippen molar-refractivity contribution in [1.82, 2.24) is 14.5 Å². The summed E-state index contributed by atoms with van der Waals surface area (Å²) in [6, 6.07) is 6.43. The summed E-state index contributed by atoms with van der Waals surface area (Å²) in [5.41, 5.74) is 0.488. The molecule has 3 rings (SSSR count). The van der Waals surface area contributed by atoms with Crippen LogP contribution in [-0.4, -0.2) is 82.6 Å². The van der Waals surface area contributed by atoms with Crippen molar-refractivity contribution in [3.8, 4) is 0 Å². The van der Waals surface area contributed by atoms with Gasteiger partial charge >= 0.3 is 0 Å². The first-order valence-electron chi connectivity index (χ1n) is 8.85. The maximum atomic E-state index is 12.8. The average molecular weight is 455 g/mol. The van der Waals surface area contributed by atoms with Gasteiger partial charge in [-0.15, -0.1) is 24.8 Å². The maximum Gasteiger partial charge on any atom is 0.243 e. The van der Waals surface area contributed by atoms with E-state index in [4.69, 9.17) is 4.74 Å². The molecule has 160 valence electrons. The van der Waals surface area contributed by atoms with Gasteiger partial charge in [-0.3, -0.25) is 4.79 Å². The lowest BCUT2D eigenvalue weighted by Crippen LogP contribution is -2.47. The van der Waals surface area contributed by atoms with Crippen LogP contribution in [0.1, 0.15) is 6.42 Å². The number of anilines is 1. The number of ether oxygens (including phenoxy) is 1. The molecule has 0 radical (unpaired) electrons. The maximum absolute atomic E-state index is 12.8. The highest BCUT2D eigenvalue weighted by atomic mass is 35.5. The van der Waals surface area contributed by atoms with Crippen molar-refractivity contribution in [3.05, 3.63) is 24.3 Å². The van der Waals surface area contributed by atoms with Gasteiger partial charge in [0.15, 0.2) is 0 Å². The van der Waals surface area contributed by atoms with Gasteiger partial charge in [0.1, 0.15) is 0 Å². The van der Waals surface area contributed by atoms with Crippen LogP contribution in [0.2, 0.25) is 0 Å². The number of nitrogens with one attached hydrogen (secondary N) is 2.